The Kier molecular flexibility index (Phi) is 11.5. The van der Waals surface area contributed by atoms with Crippen molar-refractivity contribution in [2.75, 3.05) is 25.4 Å². The molecule has 43 heavy (non-hydrogen) atoms. The first-order valence-electron chi connectivity index (χ1n) is 13.5. The Labute approximate surface area is 270 Å². The quantitative estimate of drug-likeness (QED) is 0.0818. The number of aromatic nitrogens is 3. The van der Waals surface area contributed by atoms with E-state index >= 15 is 0 Å². The second-order valence-corrected chi connectivity index (χ2v) is 13.4. The van der Waals surface area contributed by atoms with Gasteiger partial charge in [0, 0.05) is 80.5 Å². The predicted octanol–water partition coefficient (Wildman–Crippen LogP) is 9.49. The van der Waals surface area contributed by atoms with Crippen LogP contribution in [-0.2, 0) is 0 Å². The van der Waals surface area contributed by atoms with Crippen molar-refractivity contribution in [3.05, 3.63) is 147 Å². The van der Waals surface area contributed by atoms with Gasteiger partial charge in [0.25, 0.3) is 11.9 Å². The molecule has 1 aromatic heterocycles. The van der Waals surface area contributed by atoms with Gasteiger partial charge in [-0.3, -0.25) is 0 Å². The molecule has 10 heteroatoms. The molecule has 0 N–H and O–H groups in total. The molecule has 5 rings (SSSR count). The summed E-state index contributed by atoms with van der Waals surface area (Å²) in [7, 11) is 0. The molecule has 0 aliphatic rings. The monoisotopic (exact) mass is 638 g/mol. The molecule has 4 aromatic carbocycles. The van der Waals surface area contributed by atoms with Crippen LogP contribution in [0.1, 0.15) is 0 Å². The van der Waals surface area contributed by atoms with Crippen molar-refractivity contribution in [3.8, 4) is 0 Å². The van der Waals surface area contributed by atoms with Crippen molar-refractivity contribution >= 4 is 65.6 Å². The summed E-state index contributed by atoms with van der Waals surface area (Å²) in [4.78, 5) is 21.4. The fraction of sp³-hybridized carbons (Fsp3) is 0.0606. The van der Waals surface area contributed by atoms with Gasteiger partial charge < -0.3 is 4.90 Å². The lowest BCUT2D eigenvalue weighted by Gasteiger charge is -2.26. The molecule has 0 unspecified atom stereocenters. The molecule has 0 radical (unpaired) electrons. The summed E-state index contributed by atoms with van der Waals surface area (Å²) in [6.45, 7) is 9.04. The van der Waals surface area contributed by atoms with Gasteiger partial charge in [0.2, 0.25) is 5.95 Å². The zero-order valence-corrected chi connectivity index (χ0v) is 26.6. The Morgan fingerprint density at radius 3 is 1.00 bits per heavy atom. The highest BCUT2D eigenvalue weighted by Gasteiger charge is 2.23. The lowest BCUT2D eigenvalue weighted by atomic mass is 10.4. The highest BCUT2D eigenvalue weighted by molar-refractivity contribution is 8.18. The van der Waals surface area contributed by atoms with Crippen LogP contribution in [0.5, 0.6) is 0 Å². The highest BCUT2D eigenvalue weighted by atomic mass is 32.2. The highest BCUT2D eigenvalue weighted by Crippen LogP contribution is 2.41. The Bertz CT molecular complexity index is 1380. The van der Waals surface area contributed by atoms with Crippen molar-refractivity contribution in [3.63, 3.8) is 0 Å². The van der Waals surface area contributed by atoms with Gasteiger partial charge in [-0.15, -0.1) is 13.2 Å². The molecule has 0 bridgehead atoms. The fourth-order valence-corrected chi connectivity index (χ4v) is 7.57. The summed E-state index contributed by atoms with van der Waals surface area (Å²) in [5, 5.41) is 0. The van der Waals surface area contributed by atoms with E-state index in [0.29, 0.717) is 30.9 Å². The Morgan fingerprint density at radius 2 is 0.721 bits per heavy atom. The van der Waals surface area contributed by atoms with Crippen LogP contribution >= 0.6 is 47.8 Å². The van der Waals surface area contributed by atoms with Gasteiger partial charge in [-0.2, -0.15) is 15.0 Å². The Hall–Kier alpha value is -3.83. The number of hydrogen-bond acceptors (Lipinski definition) is 10. The van der Waals surface area contributed by atoms with Crippen LogP contribution in [-0.4, -0.2) is 28.0 Å². The second kappa shape index (κ2) is 16.1. The second-order valence-electron chi connectivity index (χ2n) is 8.85. The molecule has 0 atom stereocenters. The molecule has 0 aliphatic carbocycles. The molecule has 0 fully saturated rings. The van der Waals surface area contributed by atoms with Gasteiger partial charge in [-0.1, -0.05) is 84.9 Å². The summed E-state index contributed by atoms with van der Waals surface area (Å²) >= 11 is 6.26. The van der Waals surface area contributed by atoms with Crippen LogP contribution in [0, 0.1) is 0 Å². The lowest BCUT2D eigenvalue weighted by molar-refractivity contribution is 0.876. The van der Waals surface area contributed by atoms with Gasteiger partial charge in [0.05, 0.1) is 0 Å². The summed E-state index contributed by atoms with van der Waals surface area (Å²) in [6.07, 6.45) is 3.69. The Balaban J connectivity index is 1.62. The van der Waals surface area contributed by atoms with Crippen LogP contribution in [0.25, 0.3) is 0 Å². The summed E-state index contributed by atoms with van der Waals surface area (Å²) in [5.74, 6) is 1.58. The lowest BCUT2D eigenvalue weighted by Crippen LogP contribution is -2.27. The number of nitrogens with zero attached hydrogens (tertiary/aromatic N) is 6. The van der Waals surface area contributed by atoms with E-state index in [2.05, 4.69) is 61.7 Å². The topological polar surface area (TPSA) is 48.4 Å². The van der Waals surface area contributed by atoms with E-state index in [1.54, 1.807) is 47.8 Å². The molecule has 5 aromatic rings. The van der Waals surface area contributed by atoms with E-state index in [9.17, 15) is 0 Å². The first kappa shape index (κ1) is 30.6. The smallest absolute Gasteiger partial charge is 0.253 e. The van der Waals surface area contributed by atoms with Crippen molar-refractivity contribution in [1.82, 2.24) is 15.0 Å². The fourth-order valence-electron chi connectivity index (χ4n) is 3.71. The maximum absolute atomic E-state index is 5.09. The zero-order valence-electron chi connectivity index (χ0n) is 23.3. The largest absolute Gasteiger partial charge is 0.333 e. The zero-order chi connectivity index (χ0) is 29.7. The van der Waals surface area contributed by atoms with Crippen molar-refractivity contribution < 1.29 is 0 Å². The Morgan fingerprint density at radius 1 is 0.442 bits per heavy atom. The summed E-state index contributed by atoms with van der Waals surface area (Å²) in [5.41, 5.74) is 0. The van der Waals surface area contributed by atoms with Crippen LogP contribution in [0.3, 0.4) is 0 Å². The van der Waals surface area contributed by atoms with Crippen LogP contribution < -0.4 is 12.3 Å². The van der Waals surface area contributed by atoms with Crippen LogP contribution in [0.4, 0.5) is 17.8 Å². The van der Waals surface area contributed by atoms with Gasteiger partial charge in [0.15, 0.2) is 0 Å². The number of hydrogen-bond donors (Lipinski definition) is 0. The third-order valence-corrected chi connectivity index (χ3v) is 9.78. The van der Waals surface area contributed by atoms with Crippen molar-refractivity contribution in [1.29, 1.82) is 0 Å². The molecule has 1 heterocycles. The van der Waals surface area contributed by atoms with E-state index < -0.39 is 0 Å². The molecular formula is C33H30N6S4. The molecule has 6 nitrogen and oxygen atoms in total. The van der Waals surface area contributed by atoms with E-state index in [1.807, 2.05) is 97.3 Å². The van der Waals surface area contributed by atoms with Crippen molar-refractivity contribution in [2.24, 2.45) is 0 Å². The maximum atomic E-state index is 5.09. The van der Waals surface area contributed by atoms with E-state index in [4.69, 9.17) is 15.0 Å². The third kappa shape index (κ3) is 9.08. The molecule has 216 valence electrons. The van der Waals surface area contributed by atoms with Gasteiger partial charge in [0.1, 0.15) is 0 Å². The SMILES string of the molecule is C=CCN(CC=C)c1nc(N(Sc2ccccc2)Sc2ccccc2)nc(N(Sc2ccccc2)Sc2ccccc2)n1. The summed E-state index contributed by atoms with van der Waals surface area (Å²) < 4.78 is 4.08. The minimum Gasteiger partial charge on any atom is -0.333 e. The molecule has 0 saturated carbocycles. The molecule has 0 saturated heterocycles. The van der Waals surface area contributed by atoms with Crippen molar-refractivity contribution in [2.45, 2.75) is 19.6 Å². The first-order valence-corrected chi connectivity index (χ1v) is 16.6. The van der Waals surface area contributed by atoms with E-state index in [1.165, 1.54) is 0 Å². The molecular weight excluding hydrogens is 609 g/mol. The first-order chi connectivity index (χ1) is 21.2. The third-order valence-electron chi connectivity index (χ3n) is 5.63. The number of benzene rings is 4. The molecule has 0 spiro atoms. The van der Waals surface area contributed by atoms with E-state index in [0.717, 1.165) is 19.6 Å². The number of rotatable bonds is 15. The molecule has 0 aliphatic heterocycles. The minimum absolute atomic E-state index is 0.521. The maximum Gasteiger partial charge on any atom is 0.253 e. The van der Waals surface area contributed by atoms with E-state index in [-0.39, 0.29) is 0 Å². The number of anilines is 3. The van der Waals surface area contributed by atoms with Gasteiger partial charge in [-0.25, -0.2) is 7.42 Å². The standard InChI is InChI=1S/C33H30N6S4/c1-3-25-37(26-4-2)31-34-32(38(40-27-17-9-5-10-18-27)41-28-19-11-6-12-20-28)36-33(35-31)39(42-29-21-13-7-14-22-29)43-30-23-15-8-16-24-30/h3-24H,1-2,25-26H2. The predicted molar refractivity (Wildman–Crippen MR) is 187 cm³/mol. The average Bonchev–Trinajstić information content (AvgIpc) is 3.06. The average molecular weight is 639 g/mol. The van der Waals surface area contributed by atoms with Gasteiger partial charge >= 0.3 is 0 Å². The van der Waals surface area contributed by atoms with Crippen LogP contribution in [0.2, 0.25) is 0 Å². The van der Waals surface area contributed by atoms with Gasteiger partial charge in [-0.05, 0) is 48.5 Å². The normalized spacial score (nSPS) is 10.6. The molecule has 0 amide bonds. The minimum atomic E-state index is 0.521. The summed E-state index contributed by atoms with van der Waals surface area (Å²) in [6, 6.07) is 40.9. The van der Waals surface area contributed by atoms with Crippen LogP contribution in [0.15, 0.2) is 166 Å².